The Labute approximate surface area is 201 Å². The van der Waals surface area contributed by atoms with Crippen LogP contribution < -0.4 is 4.74 Å². The molecule has 1 heterocycles. The topological polar surface area (TPSA) is 38.8 Å². The molecule has 2 aromatic carbocycles. The Hall–Kier alpha value is -2.14. The van der Waals surface area contributed by atoms with Gasteiger partial charge in [-0.1, -0.05) is 42.5 Å². The molecular weight excluding hydrogens is 430 g/mol. The lowest BCUT2D eigenvalue weighted by molar-refractivity contribution is 0.0333. The quantitative estimate of drug-likeness (QED) is 0.508. The Balaban J connectivity index is 1.20. The van der Waals surface area contributed by atoms with Gasteiger partial charge in [-0.3, -0.25) is 0 Å². The largest absolute Gasteiger partial charge is 0.497 e. The standard InChI is InChI=1S/C28H33NO3S/c1-31-25-9-7-24(8-10-25)28(33-27-14-21-11-22(15-27)13-23(12-21)16-27)18-29(19-28)26(30)32-17-20-5-3-2-4-6-20/h2-10,21-23H,11-19H2,1H3. The number of hydrogen-bond donors (Lipinski definition) is 0. The van der Waals surface area contributed by atoms with Crippen molar-refractivity contribution < 1.29 is 14.3 Å². The monoisotopic (exact) mass is 463 g/mol. The van der Waals surface area contributed by atoms with E-state index in [9.17, 15) is 4.79 Å². The van der Waals surface area contributed by atoms with Gasteiger partial charge in [-0.25, -0.2) is 4.79 Å². The number of ether oxygens (including phenoxy) is 2. The van der Waals surface area contributed by atoms with Crippen LogP contribution in [0.15, 0.2) is 54.6 Å². The predicted molar refractivity (Wildman–Crippen MR) is 131 cm³/mol. The lowest BCUT2D eigenvalue weighted by Gasteiger charge is -2.61. The maximum absolute atomic E-state index is 12.9. The summed E-state index contributed by atoms with van der Waals surface area (Å²) < 4.78 is 11.4. The molecule has 0 N–H and O–H groups in total. The third-order valence-electron chi connectivity index (χ3n) is 8.37. The highest BCUT2D eigenvalue weighted by molar-refractivity contribution is 8.01. The number of rotatable bonds is 6. The molecule has 5 fully saturated rings. The molecule has 7 rings (SSSR count). The molecule has 4 bridgehead atoms. The Kier molecular flexibility index (Phi) is 5.36. The number of carbonyl (C=O) groups is 1. The number of thioether (sulfide) groups is 1. The number of amides is 1. The molecule has 1 saturated heterocycles. The second-order valence-corrected chi connectivity index (χ2v) is 12.7. The fourth-order valence-electron chi connectivity index (χ4n) is 7.28. The summed E-state index contributed by atoms with van der Waals surface area (Å²) in [5.74, 6) is 3.64. The Morgan fingerprint density at radius 2 is 1.55 bits per heavy atom. The third kappa shape index (κ3) is 4.03. The number of nitrogens with zero attached hydrogens (tertiary/aromatic N) is 1. The van der Waals surface area contributed by atoms with Gasteiger partial charge < -0.3 is 14.4 Å². The Morgan fingerprint density at radius 3 is 2.12 bits per heavy atom. The minimum absolute atomic E-state index is 0.0519. The van der Waals surface area contributed by atoms with Crippen molar-refractivity contribution >= 4 is 17.9 Å². The van der Waals surface area contributed by atoms with Crippen LogP contribution in [0, 0.1) is 17.8 Å². The number of hydrogen-bond acceptors (Lipinski definition) is 4. The SMILES string of the molecule is COc1ccc(C2(SC34CC5CC(CC(C5)C3)C4)CN(C(=O)OCc3ccccc3)C2)cc1. The van der Waals surface area contributed by atoms with Gasteiger partial charge in [0.05, 0.1) is 11.9 Å². The van der Waals surface area contributed by atoms with E-state index in [0.717, 1.165) is 42.2 Å². The van der Waals surface area contributed by atoms with Gasteiger partial charge in [0.15, 0.2) is 0 Å². The zero-order valence-corrected chi connectivity index (χ0v) is 20.2. The Morgan fingerprint density at radius 1 is 0.939 bits per heavy atom. The highest BCUT2D eigenvalue weighted by Gasteiger charge is 2.58. The smallest absolute Gasteiger partial charge is 0.410 e. The number of methoxy groups -OCH3 is 1. The van der Waals surface area contributed by atoms with Crippen molar-refractivity contribution in [1.29, 1.82) is 0 Å². The molecule has 33 heavy (non-hydrogen) atoms. The highest BCUT2D eigenvalue weighted by atomic mass is 32.2. The summed E-state index contributed by atoms with van der Waals surface area (Å²) in [6.07, 6.45) is 8.24. The molecule has 0 unspecified atom stereocenters. The summed E-state index contributed by atoms with van der Waals surface area (Å²) in [6, 6.07) is 18.5. The van der Waals surface area contributed by atoms with Crippen molar-refractivity contribution in [2.45, 2.75) is 54.6 Å². The summed E-state index contributed by atoms with van der Waals surface area (Å²) in [5, 5.41) is 0. The molecule has 0 aromatic heterocycles. The number of likely N-dealkylation sites (tertiary alicyclic amines) is 1. The van der Waals surface area contributed by atoms with Gasteiger partial charge in [0.25, 0.3) is 0 Å². The fourth-order valence-corrected chi connectivity index (χ4v) is 9.76. The molecule has 1 amide bonds. The van der Waals surface area contributed by atoms with Gasteiger partial charge in [0.2, 0.25) is 0 Å². The minimum atomic E-state index is -0.200. The van der Waals surface area contributed by atoms with E-state index in [-0.39, 0.29) is 10.8 Å². The van der Waals surface area contributed by atoms with Crippen LogP contribution in [0.1, 0.15) is 49.7 Å². The zero-order chi connectivity index (χ0) is 22.5. The van der Waals surface area contributed by atoms with Crippen LogP contribution in [0.4, 0.5) is 4.79 Å². The van der Waals surface area contributed by atoms with Gasteiger partial charge in [-0.05, 0) is 79.5 Å². The van der Waals surface area contributed by atoms with E-state index < -0.39 is 0 Å². The molecule has 0 spiro atoms. The normalized spacial score (nSPS) is 31.2. The van der Waals surface area contributed by atoms with E-state index in [1.54, 1.807) is 7.11 Å². The van der Waals surface area contributed by atoms with Crippen LogP contribution in [0.3, 0.4) is 0 Å². The van der Waals surface area contributed by atoms with Crippen molar-refractivity contribution in [3.05, 3.63) is 65.7 Å². The number of carbonyl (C=O) groups excluding carboxylic acids is 1. The minimum Gasteiger partial charge on any atom is -0.497 e. The van der Waals surface area contributed by atoms with Gasteiger partial charge in [-0.2, -0.15) is 0 Å². The van der Waals surface area contributed by atoms with Crippen molar-refractivity contribution in [3.8, 4) is 5.75 Å². The maximum Gasteiger partial charge on any atom is 0.410 e. The Bertz CT molecular complexity index is 964. The molecule has 0 radical (unpaired) electrons. The molecule has 4 saturated carbocycles. The van der Waals surface area contributed by atoms with Crippen LogP contribution in [0.2, 0.25) is 0 Å². The fraction of sp³-hybridized carbons (Fsp3) is 0.536. The van der Waals surface area contributed by atoms with E-state index >= 15 is 0 Å². The van der Waals surface area contributed by atoms with E-state index in [4.69, 9.17) is 9.47 Å². The summed E-state index contributed by atoms with van der Waals surface area (Å²) in [6.45, 7) is 1.77. The molecule has 2 aromatic rings. The maximum atomic E-state index is 12.9. The molecule has 0 atom stereocenters. The van der Waals surface area contributed by atoms with E-state index in [0.29, 0.717) is 11.4 Å². The van der Waals surface area contributed by atoms with Gasteiger partial charge in [0.1, 0.15) is 12.4 Å². The van der Waals surface area contributed by atoms with E-state index in [2.05, 4.69) is 36.0 Å². The first-order valence-corrected chi connectivity index (χ1v) is 13.2. The summed E-state index contributed by atoms with van der Waals surface area (Å²) >= 11 is 2.20. The summed E-state index contributed by atoms with van der Waals surface area (Å²) in [7, 11) is 1.71. The van der Waals surface area contributed by atoms with Gasteiger partial charge in [0, 0.05) is 17.8 Å². The second-order valence-electron chi connectivity index (χ2n) is 10.8. The first-order valence-electron chi connectivity index (χ1n) is 12.4. The average Bonchev–Trinajstić information content (AvgIpc) is 2.79. The number of benzene rings is 2. The lowest BCUT2D eigenvalue weighted by Crippen LogP contribution is -2.62. The predicted octanol–water partition coefficient (Wildman–Crippen LogP) is 6.24. The first-order chi connectivity index (χ1) is 16.0. The molecule has 5 heteroatoms. The molecule has 174 valence electrons. The summed E-state index contributed by atoms with van der Waals surface area (Å²) in [4.78, 5) is 14.7. The molecular formula is C28H33NO3S. The second kappa shape index (κ2) is 8.26. The van der Waals surface area contributed by atoms with Crippen LogP contribution in [-0.2, 0) is 16.1 Å². The lowest BCUT2D eigenvalue weighted by atomic mass is 9.56. The average molecular weight is 464 g/mol. The molecule has 4 nitrogen and oxygen atoms in total. The van der Waals surface area contributed by atoms with Crippen LogP contribution in [0.5, 0.6) is 5.75 Å². The molecule has 1 aliphatic heterocycles. The van der Waals surface area contributed by atoms with Crippen LogP contribution >= 0.6 is 11.8 Å². The summed E-state index contributed by atoms with van der Waals surface area (Å²) in [5.41, 5.74) is 2.34. The van der Waals surface area contributed by atoms with E-state index in [1.165, 1.54) is 44.1 Å². The molecule has 4 aliphatic carbocycles. The molecule has 5 aliphatic rings. The van der Waals surface area contributed by atoms with Crippen molar-refractivity contribution in [2.24, 2.45) is 17.8 Å². The zero-order valence-electron chi connectivity index (χ0n) is 19.4. The van der Waals surface area contributed by atoms with Crippen molar-refractivity contribution in [1.82, 2.24) is 4.90 Å². The highest BCUT2D eigenvalue weighted by Crippen LogP contribution is 2.65. The van der Waals surface area contributed by atoms with Gasteiger partial charge in [-0.15, -0.1) is 11.8 Å². The van der Waals surface area contributed by atoms with Crippen molar-refractivity contribution in [2.75, 3.05) is 20.2 Å². The van der Waals surface area contributed by atoms with Gasteiger partial charge >= 0.3 is 6.09 Å². The third-order valence-corrected chi connectivity index (χ3v) is 10.2. The van der Waals surface area contributed by atoms with E-state index in [1.807, 2.05) is 35.2 Å². The van der Waals surface area contributed by atoms with Crippen molar-refractivity contribution in [3.63, 3.8) is 0 Å². The van der Waals surface area contributed by atoms with Crippen LogP contribution in [0.25, 0.3) is 0 Å². The van der Waals surface area contributed by atoms with Crippen LogP contribution in [-0.4, -0.2) is 35.9 Å². The first kappa shape index (κ1) is 21.4.